The van der Waals surface area contributed by atoms with Gasteiger partial charge in [-0.2, -0.15) is 0 Å². The number of ether oxygens (including phenoxy) is 8. The van der Waals surface area contributed by atoms with E-state index in [1.165, 1.54) is 79.1 Å². The van der Waals surface area contributed by atoms with Crippen LogP contribution in [0.15, 0.2) is 72.8 Å². The number of esters is 2. The molecular formula is C42H46O14. The number of phenolic OH excluding ortho intramolecular Hbond substituents is 4. The molecule has 0 aromatic heterocycles. The van der Waals surface area contributed by atoms with E-state index in [1.807, 2.05) is 0 Å². The summed E-state index contributed by atoms with van der Waals surface area (Å²) in [6.45, 7) is -0.295. The number of rotatable bonds is 19. The molecule has 0 aliphatic rings. The van der Waals surface area contributed by atoms with Crippen LogP contribution in [0.5, 0.6) is 57.5 Å². The maximum Gasteiger partial charge on any atom is 0.330 e. The molecule has 0 radical (unpaired) electrons. The highest BCUT2D eigenvalue weighted by atomic mass is 16.5. The average Bonchev–Trinajstić information content (AvgIpc) is 3.21. The predicted molar refractivity (Wildman–Crippen MR) is 206 cm³/mol. The van der Waals surface area contributed by atoms with Gasteiger partial charge in [-0.25, -0.2) is 9.59 Å². The summed E-state index contributed by atoms with van der Waals surface area (Å²) in [5.41, 5.74) is 2.47. The van der Waals surface area contributed by atoms with Gasteiger partial charge in [0.05, 0.1) is 55.9 Å². The molecular weight excluding hydrogens is 728 g/mol. The second kappa shape index (κ2) is 20.1. The van der Waals surface area contributed by atoms with Crippen LogP contribution in [0, 0.1) is 11.8 Å². The maximum absolute atomic E-state index is 13.1. The normalized spacial score (nSPS) is 12.2. The molecule has 4 aromatic carbocycles. The third kappa shape index (κ3) is 11.2. The zero-order chi connectivity index (χ0) is 40.8. The smallest absolute Gasteiger partial charge is 0.330 e. The van der Waals surface area contributed by atoms with Crippen molar-refractivity contribution in [1.82, 2.24) is 0 Å². The highest BCUT2D eigenvalue weighted by Gasteiger charge is 2.28. The molecule has 0 saturated heterocycles. The second-order valence-electron chi connectivity index (χ2n) is 12.4. The van der Waals surface area contributed by atoms with E-state index in [4.69, 9.17) is 37.9 Å². The summed E-state index contributed by atoms with van der Waals surface area (Å²) in [7, 11) is 8.45. The Balaban J connectivity index is 1.69. The van der Waals surface area contributed by atoms with E-state index in [9.17, 15) is 30.0 Å². The molecule has 0 amide bonds. The summed E-state index contributed by atoms with van der Waals surface area (Å²) in [4.78, 5) is 26.3. The highest BCUT2D eigenvalue weighted by molar-refractivity contribution is 5.87. The van der Waals surface area contributed by atoms with Crippen molar-refractivity contribution in [2.24, 2.45) is 11.8 Å². The molecule has 0 spiro atoms. The van der Waals surface area contributed by atoms with E-state index in [0.717, 1.165) is 0 Å². The number of aromatic hydroxyl groups is 4. The van der Waals surface area contributed by atoms with Gasteiger partial charge in [0.1, 0.15) is 0 Å². The number of methoxy groups -OCH3 is 6. The fourth-order valence-corrected chi connectivity index (χ4v) is 5.86. The summed E-state index contributed by atoms with van der Waals surface area (Å²) in [5.74, 6) is -1.78. The lowest BCUT2D eigenvalue weighted by atomic mass is 9.83. The molecule has 2 atom stereocenters. The number of phenols is 4. The highest BCUT2D eigenvalue weighted by Crippen LogP contribution is 2.40. The zero-order valence-electron chi connectivity index (χ0n) is 31.9. The van der Waals surface area contributed by atoms with Crippen LogP contribution in [-0.4, -0.2) is 88.2 Å². The van der Waals surface area contributed by atoms with Gasteiger partial charge in [-0.15, -0.1) is 0 Å². The molecule has 0 aliphatic heterocycles. The van der Waals surface area contributed by atoms with Crippen LogP contribution < -0.4 is 28.4 Å². The van der Waals surface area contributed by atoms with Crippen molar-refractivity contribution >= 4 is 24.1 Å². The predicted octanol–water partition coefficient (Wildman–Crippen LogP) is 6.09. The summed E-state index contributed by atoms with van der Waals surface area (Å²) in [5, 5.41) is 41.1. The lowest BCUT2D eigenvalue weighted by molar-refractivity contribution is -0.143. The number of benzene rings is 4. The molecule has 14 heteroatoms. The van der Waals surface area contributed by atoms with Crippen molar-refractivity contribution in [2.75, 3.05) is 55.9 Å². The Morgan fingerprint density at radius 1 is 0.500 bits per heavy atom. The Morgan fingerprint density at radius 3 is 1.12 bits per heavy atom. The second-order valence-corrected chi connectivity index (χ2v) is 12.4. The fourth-order valence-electron chi connectivity index (χ4n) is 5.86. The van der Waals surface area contributed by atoms with E-state index in [0.29, 0.717) is 22.3 Å². The molecule has 56 heavy (non-hydrogen) atoms. The third-order valence-electron chi connectivity index (χ3n) is 8.85. The van der Waals surface area contributed by atoms with Gasteiger partial charge in [0.25, 0.3) is 0 Å². The standard InChI is InChI=1S/C42H46O14/c1-49-33-17-25(7-11-31(33)43)9-13-39(45)55-23-29(15-27-19-35(51-3)41(47)36(20-27)52-4)30(16-28-21-37(53-5)42(48)38(22-28)54-6)24-56-40(46)14-10-26-8-12-32(44)34(18-26)50-2/h7-14,17-22,29-30,43-44,47-48H,15-16,23-24H2,1-6H3/b13-9+,14-10+/t29-,30+. The van der Waals surface area contributed by atoms with Gasteiger partial charge < -0.3 is 58.3 Å². The first-order chi connectivity index (χ1) is 26.9. The van der Waals surface area contributed by atoms with Gasteiger partial charge >= 0.3 is 11.9 Å². The van der Waals surface area contributed by atoms with Crippen LogP contribution in [-0.2, 0) is 31.9 Å². The Labute approximate surface area is 324 Å². The first kappa shape index (κ1) is 42.0. The van der Waals surface area contributed by atoms with Crippen molar-refractivity contribution in [3.05, 3.63) is 95.1 Å². The van der Waals surface area contributed by atoms with E-state index in [1.54, 1.807) is 48.5 Å². The van der Waals surface area contributed by atoms with Gasteiger partial charge in [-0.1, -0.05) is 12.1 Å². The lowest BCUT2D eigenvalue weighted by Gasteiger charge is -2.27. The Kier molecular flexibility index (Phi) is 15.1. The molecule has 0 unspecified atom stereocenters. The monoisotopic (exact) mass is 774 g/mol. The molecule has 0 fully saturated rings. The first-order valence-corrected chi connectivity index (χ1v) is 17.2. The molecule has 298 valence electrons. The quantitative estimate of drug-likeness (QED) is 0.0633. The van der Waals surface area contributed by atoms with Crippen LogP contribution in [0.2, 0.25) is 0 Å². The third-order valence-corrected chi connectivity index (χ3v) is 8.85. The molecule has 0 bridgehead atoms. The van der Waals surface area contributed by atoms with Crippen LogP contribution in [0.1, 0.15) is 22.3 Å². The number of hydrogen-bond donors (Lipinski definition) is 4. The van der Waals surface area contributed by atoms with Crippen molar-refractivity contribution in [2.45, 2.75) is 12.8 Å². The minimum absolute atomic E-state index is 0.0516. The van der Waals surface area contributed by atoms with Crippen LogP contribution in [0.25, 0.3) is 12.2 Å². The maximum atomic E-state index is 13.1. The topological polar surface area (TPSA) is 189 Å². The number of hydrogen-bond acceptors (Lipinski definition) is 14. The van der Waals surface area contributed by atoms with Crippen LogP contribution >= 0.6 is 0 Å². The van der Waals surface area contributed by atoms with Gasteiger partial charge in [-0.05, 0) is 95.8 Å². The van der Waals surface area contributed by atoms with Crippen molar-refractivity contribution in [3.63, 3.8) is 0 Å². The largest absolute Gasteiger partial charge is 0.504 e. The summed E-state index contributed by atoms with van der Waals surface area (Å²) >= 11 is 0. The van der Waals surface area contributed by atoms with Crippen molar-refractivity contribution in [1.29, 1.82) is 0 Å². The molecule has 4 aromatic rings. The van der Waals surface area contributed by atoms with Gasteiger partial charge in [0.15, 0.2) is 46.0 Å². The molecule has 0 aliphatic carbocycles. The van der Waals surface area contributed by atoms with Crippen molar-refractivity contribution < 1.29 is 67.9 Å². The molecule has 0 heterocycles. The van der Waals surface area contributed by atoms with Gasteiger partial charge in [0, 0.05) is 24.0 Å². The lowest BCUT2D eigenvalue weighted by Crippen LogP contribution is -2.30. The van der Waals surface area contributed by atoms with Crippen LogP contribution in [0.3, 0.4) is 0 Å². The SMILES string of the molecule is COc1cc(/C=C/C(=O)OC[C@H](Cc2cc(OC)c(O)c(OC)c2)[C@@H](COC(=O)/C=C/c2ccc(O)c(OC)c2)Cc2cc(OC)c(O)c(OC)c2)ccc1O. The fraction of sp³-hybridized carbons (Fsp3) is 0.286. The van der Waals surface area contributed by atoms with E-state index in [-0.39, 0.29) is 83.6 Å². The molecule has 14 nitrogen and oxygen atoms in total. The Bertz CT molecular complexity index is 1840. The van der Waals surface area contributed by atoms with E-state index >= 15 is 0 Å². The minimum Gasteiger partial charge on any atom is -0.504 e. The van der Waals surface area contributed by atoms with Crippen LogP contribution in [0.4, 0.5) is 0 Å². The summed E-state index contributed by atoms with van der Waals surface area (Å²) in [6.07, 6.45) is 5.97. The van der Waals surface area contributed by atoms with E-state index in [2.05, 4.69) is 0 Å². The average molecular weight is 775 g/mol. The van der Waals surface area contributed by atoms with Gasteiger partial charge in [0.2, 0.25) is 11.5 Å². The minimum atomic E-state index is -0.668. The molecule has 4 N–H and O–H groups in total. The Hall–Kier alpha value is -6.70. The number of carbonyl (C=O) groups excluding carboxylic acids is 2. The number of carbonyl (C=O) groups is 2. The van der Waals surface area contributed by atoms with Gasteiger partial charge in [-0.3, -0.25) is 0 Å². The first-order valence-electron chi connectivity index (χ1n) is 17.2. The molecule has 0 saturated carbocycles. The molecule has 4 rings (SSSR count). The summed E-state index contributed by atoms with van der Waals surface area (Å²) in [6, 6.07) is 15.7. The summed E-state index contributed by atoms with van der Waals surface area (Å²) < 4.78 is 43.4. The van der Waals surface area contributed by atoms with E-state index < -0.39 is 23.8 Å². The zero-order valence-corrected chi connectivity index (χ0v) is 31.9. The Morgan fingerprint density at radius 2 is 0.821 bits per heavy atom. The van der Waals surface area contributed by atoms with Crippen molar-refractivity contribution in [3.8, 4) is 57.5 Å².